The summed E-state index contributed by atoms with van der Waals surface area (Å²) in [5.74, 6) is 2.79. The monoisotopic (exact) mass is 332 g/mol. The van der Waals surface area contributed by atoms with E-state index in [1.165, 1.54) is 0 Å². The van der Waals surface area contributed by atoms with Gasteiger partial charge in [-0.2, -0.15) is 23.5 Å². The van der Waals surface area contributed by atoms with Gasteiger partial charge in [-0.3, -0.25) is 10.1 Å². The van der Waals surface area contributed by atoms with Gasteiger partial charge in [0.25, 0.3) is 5.69 Å². The predicted octanol–water partition coefficient (Wildman–Crippen LogP) is 4.36. The van der Waals surface area contributed by atoms with E-state index < -0.39 is 0 Å². The van der Waals surface area contributed by atoms with E-state index in [0.717, 1.165) is 39.4 Å². The molecule has 0 unspecified atom stereocenters. The Hall–Kier alpha value is -1.66. The highest BCUT2D eigenvalue weighted by Crippen LogP contribution is 2.34. The van der Waals surface area contributed by atoms with Crippen LogP contribution in [-0.4, -0.2) is 4.92 Å². The van der Waals surface area contributed by atoms with Gasteiger partial charge in [0.1, 0.15) is 0 Å². The summed E-state index contributed by atoms with van der Waals surface area (Å²) >= 11 is 3.33. The molecule has 0 atom stereocenters. The molecule has 6 heteroatoms. The summed E-state index contributed by atoms with van der Waals surface area (Å²) in [5, 5.41) is 11.4. The average Bonchev–Trinajstić information content (AvgIpc) is 2.49. The van der Waals surface area contributed by atoms with Gasteiger partial charge in [0.2, 0.25) is 0 Å². The van der Waals surface area contributed by atoms with E-state index >= 15 is 0 Å². The summed E-state index contributed by atoms with van der Waals surface area (Å²) in [6.45, 7) is 0. The Balaban J connectivity index is 1.97. The standard InChI is InChI=1S/C16H16N2O2S2/c17-15-11-3-1-4-12(15)8-22-10-14-6-2-5-13(9-21-7-11)16(14)18(19)20/h1-6H,7-10,17H2. The van der Waals surface area contributed by atoms with E-state index in [2.05, 4.69) is 0 Å². The van der Waals surface area contributed by atoms with Crippen molar-refractivity contribution in [3.63, 3.8) is 0 Å². The first-order chi connectivity index (χ1) is 10.7. The van der Waals surface area contributed by atoms with E-state index in [9.17, 15) is 10.1 Å². The Morgan fingerprint density at radius 3 is 1.73 bits per heavy atom. The Bertz CT molecular complexity index is 673. The van der Waals surface area contributed by atoms with Gasteiger partial charge in [0.15, 0.2) is 0 Å². The smallest absolute Gasteiger partial charge is 0.277 e. The minimum Gasteiger partial charge on any atom is -0.398 e. The van der Waals surface area contributed by atoms with E-state index in [0.29, 0.717) is 11.5 Å². The van der Waals surface area contributed by atoms with Crippen LogP contribution in [0.3, 0.4) is 0 Å². The number of nitro groups is 1. The number of nitro benzene ring substituents is 1. The lowest BCUT2D eigenvalue weighted by molar-refractivity contribution is -0.386. The third-order valence-corrected chi connectivity index (χ3v) is 5.76. The molecule has 2 N–H and O–H groups in total. The lowest BCUT2D eigenvalue weighted by atomic mass is 10.1. The van der Waals surface area contributed by atoms with Crippen molar-refractivity contribution in [1.82, 2.24) is 0 Å². The van der Waals surface area contributed by atoms with Gasteiger partial charge >= 0.3 is 0 Å². The number of nitrogens with zero attached hydrogens (tertiary/aromatic N) is 1. The zero-order chi connectivity index (χ0) is 15.5. The molecule has 0 amide bonds. The molecule has 1 heterocycles. The van der Waals surface area contributed by atoms with Gasteiger partial charge in [-0.1, -0.05) is 36.4 Å². The van der Waals surface area contributed by atoms with Gasteiger partial charge in [0.05, 0.1) is 4.92 Å². The topological polar surface area (TPSA) is 69.2 Å². The molecule has 1 aliphatic heterocycles. The van der Waals surface area contributed by atoms with E-state index in [4.69, 9.17) is 5.73 Å². The van der Waals surface area contributed by atoms with E-state index in [1.54, 1.807) is 23.5 Å². The van der Waals surface area contributed by atoms with Crippen LogP contribution < -0.4 is 5.73 Å². The van der Waals surface area contributed by atoms with Gasteiger partial charge in [-0.15, -0.1) is 0 Å². The summed E-state index contributed by atoms with van der Waals surface area (Å²) < 4.78 is 0. The first-order valence-corrected chi connectivity index (χ1v) is 9.24. The number of fused-ring (bicyclic) bond motifs is 4. The summed E-state index contributed by atoms with van der Waals surface area (Å²) in [5.41, 5.74) is 11.2. The number of rotatable bonds is 1. The van der Waals surface area contributed by atoms with Crippen LogP contribution >= 0.6 is 23.5 Å². The van der Waals surface area contributed by atoms with Crippen molar-refractivity contribution in [3.8, 4) is 0 Å². The molecule has 114 valence electrons. The minimum atomic E-state index is -0.245. The number of thioether (sulfide) groups is 2. The van der Waals surface area contributed by atoms with Crippen molar-refractivity contribution in [1.29, 1.82) is 0 Å². The van der Waals surface area contributed by atoms with Crippen LogP contribution in [0.2, 0.25) is 0 Å². The fraction of sp³-hybridized carbons (Fsp3) is 0.250. The van der Waals surface area contributed by atoms with Crippen LogP contribution in [0.1, 0.15) is 22.3 Å². The van der Waals surface area contributed by atoms with Crippen LogP contribution in [0.5, 0.6) is 0 Å². The number of nitrogens with two attached hydrogens (primary N) is 1. The van der Waals surface area contributed by atoms with Crippen LogP contribution in [0.15, 0.2) is 36.4 Å². The second-order valence-corrected chi connectivity index (χ2v) is 7.13. The summed E-state index contributed by atoms with van der Waals surface area (Å²) in [7, 11) is 0. The molecular formula is C16H16N2O2S2. The van der Waals surface area contributed by atoms with Gasteiger partial charge in [-0.05, 0) is 11.1 Å². The largest absolute Gasteiger partial charge is 0.398 e. The molecule has 1 aliphatic rings. The van der Waals surface area contributed by atoms with Gasteiger partial charge < -0.3 is 5.73 Å². The highest BCUT2D eigenvalue weighted by Gasteiger charge is 2.20. The molecule has 0 radical (unpaired) electrons. The fourth-order valence-corrected chi connectivity index (χ4v) is 4.62. The van der Waals surface area contributed by atoms with Crippen molar-refractivity contribution < 1.29 is 4.92 Å². The van der Waals surface area contributed by atoms with Crippen LogP contribution in [-0.2, 0) is 23.0 Å². The lowest BCUT2D eigenvalue weighted by Crippen LogP contribution is -2.02. The highest BCUT2D eigenvalue weighted by atomic mass is 32.2. The normalized spacial score (nSPS) is 14.7. The van der Waals surface area contributed by atoms with Gasteiger partial charge in [0, 0.05) is 39.8 Å². The van der Waals surface area contributed by atoms with Crippen LogP contribution in [0.25, 0.3) is 0 Å². The van der Waals surface area contributed by atoms with Crippen molar-refractivity contribution in [2.75, 3.05) is 5.73 Å². The molecule has 2 aromatic rings. The Morgan fingerprint density at radius 1 is 0.864 bits per heavy atom. The fourth-order valence-electron chi connectivity index (χ4n) is 2.57. The lowest BCUT2D eigenvalue weighted by Gasteiger charge is -2.13. The predicted molar refractivity (Wildman–Crippen MR) is 93.9 cm³/mol. The molecule has 0 saturated heterocycles. The molecular weight excluding hydrogens is 316 g/mol. The first-order valence-electron chi connectivity index (χ1n) is 6.93. The summed E-state index contributed by atoms with van der Waals surface area (Å²) in [4.78, 5) is 11.2. The Kier molecular flexibility index (Phi) is 4.59. The molecule has 4 bridgehead atoms. The molecule has 0 aliphatic carbocycles. The molecule has 22 heavy (non-hydrogen) atoms. The van der Waals surface area contributed by atoms with Crippen molar-refractivity contribution >= 4 is 34.9 Å². The molecule has 0 aromatic heterocycles. The minimum absolute atomic E-state index is 0.245. The quantitative estimate of drug-likeness (QED) is 0.477. The summed E-state index contributed by atoms with van der Waals surface area (Å²) in [6.07, 6.45) is 0. The zero-order valence-electron chi connectivity index (χ0n) is 12.0. The maximum Gasteiger partial charge on any atom is 0.277 e. The number of hydrogen-bond donors (Lipinski definition) is 1. The Morgan fingerprint density at radius 2 is 1.27 bits per heavy atom. The average molecular weight is 332 g/mol. The maximum atomic E-state index is 11.4. The van der Waals surface area contributed by atoms with Crippen molar-refractivity contribution in [2.45, 2.75) is 23.0 Å². The van der Waals surface area contributed by atoms with E-state index in [1.807, 2.05) is 36.4 Å². The molecule has 0 fully saturated rings. The number of nitrogen functional groups attached to an aromatic ring is 1. The second kappa shape index (κ2) is 6.62. The third-order valence-electron chi connectivity index (χ3n) is 3.70. The van der Waals surface area contributed by atoms with Gasteiger partial charge in [-0.25, -0.2) is 0 Å². The molecule has 2 aromatic carbocycles. The van der Waals surface area contributed by atoms with Crippen LogP contribution in [0.4, 0.5) is 11.4 Å². The second-order valence-electron chi connectivity index (χ2n) is 5.16. The summed E-state index contributed by atoms with van der Waals surface area (Å²) in [6, 6.07) is 11.7. The molecule has 0 spiro atoms. The van der Waals surface area contributed by atoms with Crippen molar-refractivity contribution in [3.05, 3.63) is 68.8 Å². The Labute approximate surface area is 137 Å². The first kappa shape index (κ1) is 15.2. The number of anilines is 1. The third kappa shape index (κ3) is 3.08. The molecule has 4 nitrogen and oxygen atoms in total. The molecule has 3 rings (SSSR count). The number of benzene rings is 2. The zero-order valence-corrected chi connectivity index (χ0v) is 13.6. The molecule has 0 saturated carbocycles. The maximum absolute atomic E-state index is 11.4. The van der Waals surface area contributed by atoms with Crippen LogP contribution in [0, 0.1) is 10.1 Å². The van der Waals surface area contributed by atoms with E-state index in [-0.39, 0.29) is 10.6 Å². The SMILES string of the molecule is Nc1c2cccc1CSCc1cccc(c1[N+](=O)[O-])CSC2. The van der Waals surface area contributed by atoms with Crippen molar-refractivity contribution in [2.24, 2.45) is 0 Å². The number of hydrogen-bond acceptors (Lipinski definition) is 5. The number of para-hydroxylation sites is 2. The highest BCUT2D eigenvalue weighted by molar-refractivity contribution is 7.98.